The van der Waals surface area contributed by atoms with Crippen molar-refractivity contribution in [3.05, 3.63) is 223 Å². The van der Waals surface area contributed by atoms with Gasteiger partial charge in [0.2, 0.25) is 0 Å². The molecule has 0 saturated carbocycles. The molecular weight excluding hydrogens is 1170 g/mol. The monoisotopic (exact) mass is 1250 g/mol. The Morgan fingerprint density at radius 3 is 1.52 bits per heavy atom. The Kier molecular flexibility index (Phi) is 14.9. The maximum absolute atomic E-state index is 7.32. The van der Waals surface area contributed by atoms with Gasteiger partial charge in [0.15, 0.2) is 0 Å². The summed E-state index contributed by atoms with van der Waals surface area (Å²) in [5.74, 6) is 3.29. The van der Waals surface area contributed by atoms with E-state index in [1.165, 1.54) is 27.8 Å². The van der Waals surface area contributed by atoms with E-state index in [1.807, 2.05) is 36.5 Å². The molecule has 81 heavy (non-hydrogen) atoms. The van der Waals surface area contributed by atoms with Crippen molar-refractivity contribution in [3.8, 4) is 51.1 Å². The maximum Gasteiger partial charge on any atom is 0.143 e. The van der Waals surface area contributed by atoms with E-state index in [4.69, 9.17) is 14.5 Å². The fraction of sp³-hybridized carbons (Fsp3) is 0.270. The van der Waals surface area contributed by atoms with Crippen LogP contribution in [0, 0.1) is 18.8 Å². The van der Waals surface area contributed by atoms with E-state index in [9.17, 15) is 0 Å². The van der Waals surface area contributed by atoms with E-state index in [0.717, 1.165) is 72.6 Å². The minimum absolute atomic E-state index is 0. The first-order chi connectivity index (χ1) is 37.8. The number of ether oxygens (including phenoxy) is 2. The molecule has 0 N–H and O–H groups in total. The van der Waals surface area contributed by atoms with Crippen molar-refractivity contribution >= 4 is 44.6 Å². The minimum atomic E-state index is -0.129. The van der Waals surface area contributed by atoms with E-state index < -0.39 is 0 Å². The third-order valence-corrected chi connectivity index (χ3v) is 15.6. The van der Waals surface area contributed by atoms with E-state index in [2.05, 4.69) is 277 Å². The first kappa shape index (κ1) is 56.9. The van der Waals surface area contributed by atoms with E-state index in [1.54, 1.807) is 0 Å². The summed E-state index contributed by atoms with van der Waals surface area (Å²) in [7, 11) is 0. The molecule has 0 saturated heterocycles. The Hall–Kier alpha value is -7.40. The van der Waals surface area contributed by atoms with Crippen LogP contribution in [-0.2, 0) is 48.1 Å². The van der Waals surface area contributed by atoms with Gasteiger partial charge in [-0.05, 0) is 120 Å². The third kappa shape index (κ3) is 11.5. The standard InChI is InChI=1S/C74H75N4O2.Pt/c1-70(2,3)50-31-27-48(28-32-50)62-42-54(74(13,14)15)43-63(49-29-33-51(34-30-49)71(4,5)6)69(62)80-59-37-38-75-68(46-59)78-64-24-17-16-23-60(64)61-36-35-58(45-67(61)78)79-57-22-20-21-55(44-57)76-47-77(66-26-19-18-25-65(66)76)56-40-52(72(7,8)9)39-53(41-56)73(10,11)12;/h16-43,46-47H,1-15H3;/q-3;. The van der Waals surface area contributed by atoms with Gasteiger partial charge in [-0.15, -0.1) is 48.1 Å². The summed E-state index contributed by atoms with van der Waals surface area (Å²) in [6.45, 7) is 36.3. The van der Waals surface area contributed by atoms with Crippen molar-refractivity contribution in [2.45, 2.75) is 131 Å². The van der Waals surface area contributed by atoms with Crippen molar-refractivity contribution in [1.29, 1.82) is 0 Å². The molecule has 0 radical (unpaired) electrons. The molecule has 0 unspecified atom stereocenters. The van der Waals surface area contributed by atoms with Gasteiger partial charge in [0.1, 0.15) is 17.3 Å². The summed E-state index contributed by atoms with van der Waals surface area (Å²) in [6.07, 6.45) is 1.84. The SMILES string of the molecule is CC(C)(C)c1ccc(-c2cc(C(C)(C)C)cc(-c3ccc(C(C)(C)C)cc3)c2Oc2ccnc(-n3c4[c-]c(Oc5[c-]c(N6[CH-]N(c7cc(C(C)(C)C)cc(C(C)(C)C)c7)c7ccccc76)ccc5)ccc4c4ccccc43)c2)cc1.[Pt]. The summed E-state index contributed by atoms with van der Waals surface area (Å²) in [5, 5.41) is 2.12. The second-order valence-electron chi connectivity index (χ2n) is 26.8. The van der Waals surface area contributed by atoms with Gasteiger partial charge in [-0.2, -0.15) is 12.1 Å². The summed E-state index contributed by atoms with van der Waals surface area (Å²) < 4.78 is 16.2. The molecule has 1 aliphatic heterocycles. The molecule has 1 aliphatic rings. The second-order valence-corrected chi connectivity index (χ2v) is 26.8. The Balaban J connectivity index is 0.00000736. The normalized spacial score (nSPS) is 13.2. The van der Waals surface area contributed by atoms with Crippen molar-refractivity contribution < 1.29 is 30.5 Å². The predicted molar refractivity (Wildman–Crippen MR) is 335 cm³/mol. The molecule has 8 aromatic carbocycles. The second kappa shape index (κ2) is 21.2. The molecule has 0 bridgehead atoms. The fourth-order valence-corrected chi connectivity index (χ4v) is 10.7. The zero-order chi connectivity index (χ0) is 56.7. The first-order valence-corrected chi connectivity index (χ1v) is 28.2. The van der Waals surface area contributed by atoms with Gasteiger partial charge in [-0.1, -0.05) is 194 Å². The Bertz CT molecular complexity index is 3840. The van der Waals surface area contributed by atoms with Crippen LogP contribution in [0.2, 0.25) is 0 Å². The zero-order valence-corrected chi connectivity index (χ0v) is 52.0. The van der Waals surface area contributed by atoms with Crippen LogP contribution in [0.5, 0.6) is 23.0 Å². The number of hydrogen-bond acceptors (Lipinski definition) is 5. The number of hydrogen-bond donors (Lipinski definition) is 0. The molecule has 7 heteroatoms. The van der Waals surface area contributed by atoms with Gasteiger partial charge in [-0.25, -0.2) is 4.98 Å². The quantitative estimate of drug-likeness (QED) is 0.135. The van der Waals surface area contributed by atoms with Crippen LogP contribution in [0.1, 0.15) is 132 Å². The average molecular weight is 1250 g/mol. The van der Waals surface area contributed by atoms with Crippen molar-refractivity contribution in [2.24, 2.45) is 0 Å². The molecule has 2 aromatic heterocycles. The molecule has 10 aromatic rings. The zero-order valence-electron chi connectivity index (χ0n) is 49.7. The molecule has 0 atom stereocenters. The molecule has 416 valence electrons. The summed E-state index contributed by atoms with van der Waals surface area (Å²) in [5.41, 5.74) is 16.5. The van der Waals surface area contributed by atoms with Gasteiger partial charge in [0.25, 0.3) is 0 Å². The van der Waals surface area contributed by atoms with Gasteiger partial charge in [0.05, 0.1) is 0 Å². The number of pyridine rings is 1. The molecule has 0 aliphatic carbocycles. The van der Waals surface area contributed by atoms with Crippen LogP contribution in [-0.4, -0.2) is 9.55 Å². The Labute approximate surface area is 496 Å². The molecule has 0 amide bonds. The summed E-state index contributed by atoms with van der Waals surface area (Å²) >= 11 is 0. The maximum atomic E-state index is 7.32. The van der Waals surface area contributed by atoms with Gasteiger partial charge in [0, 0.05) is 78.5 Å². The van der Waals surface area contributed by atoms with Crippen molar-refractivity contribution in [1.82, 2.24) is 9.55 Å². The number of benzene rings is 8. The van der Waals surface area contributed by atoms with E-state index in [-0.39, 0.29) is 48.1 Å². The number of anilines is 4. The Morgan fingerprint density at radius 1 is 0.432 bits per heavy atom. The van der Waals surface area contributed by atoms with Crippen molar-refractivity contribution in [3.63, 3.8) is 0 Å². The fourth-order valence-electron chi connectivity index (χ4n) is 10.7. The first-order valence-electron chi connectivity index (χ1n) is 28.2. The van der Waals surface area contributed by atoms with Crippen molar-refractivity contribution in [2.75, 3.05) is 9.80 Å². The summed E-state index contributed by atoms with van der Waals surface area (Å²) in [4.78, 5) is 9.55. The van der Waals surface area contributed by atoms with Crippen LogP contribution >= 0.6 is 0 Å². The minimum Gasteiger partial charge on any atom is -0.509 e. The topological polar surface area (TPSA) is 42.8 Å². The number of rotatable bonds is 9. The van der Waals surface area contributed by atoms with Gasteiger partial charge < -0.3 is 23.8 Å². The van der Waals surface area contributed by atoms with Crippen LogP contribution < -0.4 is 19.3 Å². The molecule has 3 heterocycles. The van der Waals surface area contributed by atoms with Gasteiger partial charge in [-0.3, -0.25) is 0 Å². The molecule has 11 rings (SSSR count). The number of nitrogens with zero attached hydrogens (tertiary/aromatic N) is 4. The molecule has 6 nitrogen and oxygen atoms in total. The van der Waals surface area contributed by atoms with Crippen LogP contribution in [0.3, 0.4) is 0 Å². The number of aromatic nitrogens is 2. The molecular formula is C74H75N4O2Pt-3. The average Bonchev–Trinajstić information content (AvgIpc) is 3.97. The number of fused-ring (bicyclic) bond motifs is 4. The molecule has 0 fully saturated rings. The number of para-hydroxylation sites is 3. The summed E-state index contributed by atoms with van der Waals surface area (Å²) in [6, 6.07) is 68.1. The smallest absolute Gasteiger partial charge is 0.143 e. The Morgan fingerprint density at radius 2 is 0.951 bits per heavy atom. The predicted octanol–water partition coefficient (Wildman–Crippen LogP) is 20.6. The van der Waals surface area contributed by atoms with Crippen LogP contribution in [0.4, 0.5) is 22.7 Å². The van der Waals surface area contributed by atoms with E-state index in [0.29, 0.717) is 23.1 Å². The van der Waals surface area contributed by atoms with E-state index >= 15 is 0 Å². The van der Waals surface area contributed by atoms with Crippen LogP contribution in [0.15, 0.2) is 176 Å². The van der Waals surface area contributed by atoms with Crippen LogP contribution in [0.25, 0.3) is 49.9 Å². The van der Waals surface area contributed by atoms with Gasteiger partial charge >= 0.3 is 0 Å². The molecule has 0 spiro atoms. The third-order valence-electron chi connectivity index (χ3n) is 15.6. The largest absolute Gasteiger partial charge is 0.509 e.